The number of quaternary nitrogens is 1. The third kappa shape index (κ3) is 5.45. The molecule has 0 bridgehead atoms. The maximum atomic E-state index is 12.1. The molecule has 4 nitrogen and oxygen atoms in total. The number of ether oxygens (including phenoxy) is 1. The molecule has 1 aliphatic rings. The maximum absolute atomic E-state index is 12.1. The molecule has 1 aromatic carbocycles. The zero-order valence-electron chi connectivity index (χ0n) is 11.9. The third-order valence-electron chi connectivity index (χ3n) is 3.38. The largest absolute Gasteiger partial charge is 0.370 e. The molecular weight excluding hydrogens is 347 g/mol. The van der Waals surface area contributed by atoms with Gasteiger partial charge in [0.2, 0.25) is 12.1 Å². The summed E-state index contributed by atoms with van der Waals surface area (Å²) in [7, 11) is 0. The van der Waals surface area contributed by atoms with Gasteiger partial charge in [0.05, 0.1) is 13.2 Å². The molecule has 0 aliphatic carbocycles. The zero-order valence-corrected chi connectivity index (χ0v) is 14.2. The number of carbonyl (C=O) groups is 1. The van der Waals surface area contributed by atoms with E-state index in [1.54, 1.807) is 6.08 Å². The molecule has 1 heterocycles. The van der Waals surface area contributed by atoms with E-state index < -0.39 is 9.96 Å². The zero-order chi connectivity index (χ0) is 16.0. The minimum absolute atomic E-state index is 0.292. The lowest BCUT2D eigenvalue weighted by molar-refractivity contribution is -0.934. The summed E-state index contributed by atoms with van der Waals surface area (Å²) in [5, 5.41) is 2.78. The summed E-state index contributed by atoms with van der Waals surface area (Å²) >= 11 is 18.1. The van der Waals surface area contributed by atoms with Crippen LogP contribution in [0.4, 0.5) is 0 Å². The van der Waals surface area contributed by atoms with E-state index in [4.69, 9.17) is 39.5 Å². The minimum Gasteiger partial charge on any atom is -0.370 e. The molecule has 7 heteroatoms. The fraction of sp³-hybridized carbons (Fsp3) is 0.400. The van der Waals surface area contributed by atoms with Crippen LogP contribution in [-0.2, 0) is 9.53 Å². The second-order valence-electron chi connectivity index (χ2n) is 5.00. The first kappa shape index (κ1) is 17.6. The van der Waals surface area contributed by atoms with Crippen LogP contribution in [0, 0.1) is 0 Å². The Morgan fingerprint density at radius 3 is 2.45 bits per heavy atom. The number of morpholine rings is 1. The Balaban J connectivity index is 2.00. The molecule has 1 amide bonds. The maximum Gasteiger partial charge on any atom is 0.262 e. The number of benzene rings is 1. The number of hydrogen-bond acceptors (Lipinski definition) is 2. The molecule has 0 aromatic heterocycles. The Hall–Kier alpha value is -0.780. The Morgan fingerprint density at radius 2 is 1.86 bits per heavy atom. The summed E-state index contributed by atoms with van der Waals surface area (Å²) < 4.78 is 3.72. The summed E-state index contributed by atoms with van der Waals surface area (Å²) in [5.74, 6) is -0.292. The van der Waals surface area contributed by atoms with Crippen LogP contribution in [-0.4, -0.2) is 42.2 Å². The van der Waals surface area contributed by atoms with Gasteiger partial charge in [-0.3, -0.25) is 10.1 Å². The first-order valence-electron chi connectivity index (χ1n) is 6.99. The topological polar surface area (TPSA) is 42.8 Å². The summed E-state index contributed by atoms with van der Waals surface area (Å²) in [5.41, 5.74) is 0.932. The third-order valence-corrected chi connectivity index (χ3v) is 4.04. The first-order chi connectivity index (χ1) is 10.5. The van der Waals surface area contributed by atoms with Crippen LogP contribution in [0.3, 0.4) is 0 Å². The van der Waals surface area contributed by atoms with Gasteiger partial charge in [-0.1, -0.05) is 65.1 Å². The van der Waals surface area contributed by atoms with Crippen LogP contribution in [0.15, 0.2) is 36.4 Å². The van der Waals surface area contributed by atoms with Crippen molar-refractivity contribution < 1.29 is 14.4 Å². The van der Waals surface area contributed by atoms with Crippen LogP contribution < -0.4 is 10.2 Å². The monoisotopic (exact) mass is 363 g/mol. The number of hydrogen-bond donors (Lipinski definition) is 2. The van der Waals surface area contributed by atoms with Crippen molar-refractivity contribution >= 4 is 46.8 Å². The summed E-state index contributed by atoms with van der Waals surface area (Å²) in [6.45, 7) is 2.53. The quantitative estimate of drug-likeness (QED) is 0.627. The second-order valence-corrected chi connectivity index (χ2v) is 7.37. The van der Waals surface area contributed by atoms with E-state index in [-0.39, 0.29) is 5.91 Å². The van der Waals surface area contributed by atoms with Crippen molar-refractivity contribution in [3.8, 4) is 0 Å². The molecule has 1 atom stereocenters. The Kier molecular flexibility index (Phi) is 6.53. The van der Waals surface area contributed by atoms with Crippen molar-refractivity contribution in [2.24, 2.45) is 0 Å². The first-order valence-corrected chi connectivity index (χ1v) is 8.13. The molecule has 0 saturated carbocycles. The van der Waals surface area contributed by atoms with Crippen molar-refractivity contribution in [3.63, 3.8) is 0 Å². The Bertz CT molecular complexity index is 511. The molecule has 2 N–H and O–H groups in total. The van der Waals surface area contributed by atoms with Gasteiger partial charge < -0.3 is 9.64 Å². The SMILES string of the molecule is O=C(/C=C/c1ccccc1)N[C@H]([NH+]1CCOCC1)C(Cl)(Cl)Cl. The van der Waals surface area contributed by atoms with E-state index in [0.717, 1.165) is 10.5 Å². The molecule has 0 radical (unpaired) electrons. The van der Waals surface area contributed by atoms with Crippen molar-refractivity contribution in [2.45, 2.75) is 9.96 Å². The van der Waals surface area contributed by atoms with Gasteiger partial charge in [-0.05, 0) is 11.6 Å². The smallest absolute Gasteiger partial charge is 0.262 e. The fourth-order valence-corrected chi connectivity index (χ4v) is 2.89. The van der Waals surface area contributed by atoms with Gasteiger partial charge in [0.25, 0.3) is 3.79 Å². The lowest BCUT2D eigenvalue weighted by Gasteiger charge is -2.34. The highest BCUT2D eigenvalue weighted by atomic mass is 35.6. The van der Waals surface area contributed by atoms with Gasteiger partial charge in [-0.25, -0.2) is 0 Å². The number of alkyl halides is 3. The van der Waals surface area contributed by atoms with Crippen molar-refractivity contribution in [1.82, 2.24) is 5.32 Å². The summed E-state index contributed by atoms with van der Waals surface area (Å²) in [4.78, 5) is 13.1. The Labute approximate surface area is 145 Å². The lowest BCUT2D eigenvalue weighted by atomic mass is 10.2. The van der Waals surface area contributed by atoms with Crippen molar-refractivity contribution in [3.05, 3.63) is 42.0 Å². The molecule has 1 fully saturated rings. The molecule has 0 unspecified atom stereocenters. The summed E-state index contributed by atoms with van der Waals surface area (Å²) in [6.07, 6.45) is 2.55. The number of carbonyl (C=O) groups excluding carboxylic acids is 1. The average molecular weight is 365 g/mol. The van der Waals surface area contributed by atoms with Gasteiger partial charge in [0.15, 0.2) is 0 Å². The van der Waals surface area contributed by atoms with E-state index >= 15 is 0 Å². The van der Waals surface area contributed by atoms with E-state index in [1.807, 2.05) is 30.3 Å². The van der Waals surface area contributed by atoms with Gasteiger partial charge >= 0.3 is 0 Å². The van der Waals surface area contributed by atoms with Gasteiger partial charge in [-0.2, -0.15) is 0 Å². The molecule has 22 heavy (non-hydrogen) atoms. The average Bonchev–Trinajstić information content (AvgIpc) is 2.51. The predicted molar refractivity (Wildman–Crippen MR) is 89.2 cm³/mol. The molecule has 1 aliphatic heterocycles. The molecular formula is C15H18Cl3N2O2+. The van der Waals surface area contributed by atoms with Gasteiger partial charge in [-0.15, -0.1) is 0 Å². The fourth-order valence-electron chi connectivity index (χ4n) is 2.26. The molecule has 1 aromatic rings. The van der Waals surface area contributed by atoms with Crippen molar-refractivity contribution in [2.75, 3.05) is 26.3 Å². The van der Waals surface area contributed by atoms with E-state index in [2.05, 4.69) is 5.32 Å². The van der Waals surface area contributed by atoms with Gasteiger partial charge in [0, 0.05) is 6.08 Å². The predicted octanol–water partition coefficient (Wildman–Crippen LogP) is 1.43. The van der Waals surface area contributed by atoms with Gasteiger partial charge in [0.1, 0.15) is 13.1 Å². The molecule has 2 rings (SSSR count). The highest BCUT2D eigenvalue weighted by molar-refractivity contribution is 6.68. The number of rotatable bonds is 4. The highest BCUT2D eigenvalue weighted by Gasteiger charge is 2.42. The van der Waals surface area contributed by atoms with E-state index in [1.165, 1.54) is 6.08 Å². The lowest BCUT2D eigenvalue weighted by Crippen LogP contribution is -3.21. The van der Waals surface area contributed by atoms with Crippen molar-refractivity contribution in [1.29, 1.82) is 0 Å². The Morgan fingerprint density at radius 1 is 1.23 bits per heavy atom. The number of amides is 1. The standard InChI is InChI=1S/C15H17Cl3N2O2/c16-15(17,18)14(20-8-10-22-11-9-20)19-13(21)7-6-12-4-2-1-3-5-12/h1-7,14H,8-11H2,(H,19,21)/p+1/b7-6+/t14-/m1/s1. The minimum atomic E-state index is -1.58. The van der Waals surface area contributed by atoms with E-state index in [9.17, 15) is 4.79 Å². The number of nitrogens with one attached hydrogen (secondary N) is 2. The summed E-state index contributed by atoms with van der Waals surface area (Å²) in [6, 6.07) is 9.53. The van der Waals surface area contributed by atoms with Crippen LogP contribution >= 0.6 is 34.8 Å². The highest BCUT2D eigenvalue weighted by Crippen LogP contribution is 2.27. The van der Waals surface area contributed by atoms with E-state index in [0.29, 0.717) is 26.3 Å². The number of halogens is 3. The molecule has 120 valence electrons. The van der Waals surface area contributed by atoms with Crippen LogP contribution in [0.5, 0.6) is 0 Å². The van der Waals surface area contributed by atoms with Crippen LogP contribution in [0.2, 0.25) is 0 Å². The van der Waals surface area contributed by atoms with Crippen LogP contribution in [0.1, 0.15) is 5.56 Å². The molecule has 1 saturated heterocycles. The van der Waals surface area contributed by atoms with Crippen LogP contribution in [0.25, 0.3) is 6.08 Å². The normalized spacial score (nSPS) is 18.3. The molecule has 0 spiro atoms. The second kappa shape index (κ2) is 8.18.